The minimum Gasteiger partial charge on any atom is -0.462 e. The quantitative estimate of drug-likeness (QED) is 0.229. The highest BCUT2D eigenvalue weighted by Gasteiger charge is 2.25. The summed E-state index contributed by atoms with van der Waals surface area (Å²) < 4.78 is 16.2. The van der Waals surface area contributed by atoms with Crippen LogP contribution in [-0.4, -0.2) is 35.7 Å². The van der Waals surface area contributed by atoms with Crippen molar-refractivity contribution in [2.75, 3.05) is 0 Å². The molecule has 0 saturated carbocycles. The molecule has 164 valence electrons. The molecule has 0 rings (SSSR count). The fourth-order valence-corrected chi connectivity index (χ4v) is 2.87. The lowest BCUT2D eigenvalue weighted by molar-refractivity contribution is -0.163. The van der Waals surface area contributed by atoms with Crippen molar-refractivity contribution >= 4 is 17.9 Å². The molecule has 6 nitrogen and oxygen atoms in total. The summed E-state index contributed by atoms with van der Waals surface area (Å²) in [5, 5.41) is 0. The van der Waals surface area contributed by atoms with Crippen LogP contribution in [0.1, 0.15) is 106 Å². The first kappa shape index (κ1) is 26.4. The van der Waals surface area contributed by atoms with Gasteiger partial charge in [-0.15, -0.1) is 0 Å². The molecule has 0 amide bonds. The first-order valence-electron chi connectivity index (χ1n) is 10.7. The Bertz CT molecular complexity index is 466. The third-order valence-corrected chi connectivity index (χ3v) is 4.10. The Balaban J connectivity index is 4.78. The van der Waals surface area contributed by atoms with E-state index in [2.05, 4.69) is 13.8 Å². The van der Waals surface area contributed by atoms with E-state index in [-0.39, 0.29) is 18.8 Å². The summed E-state index contributed by atoms with van der Waals surface area (Å²) >= 11 is 0. The van der Waals surface area contributed by atoms with Gasteiger partial charge in [0.15, 0.2) is 0 Å². The molecule has 0 radical (unpaired) electrons. The summed E-state index contributed by atoms with van der Waals surface area (Å²) in [5.74, 6) is -1.21. The standard InChI is InChI=1S/C22H40O6/c1-7-9-11-13-18(26-17(3)23)15-20(24)27-19(14-12-10-8-2)16-21(25)28-22(4,5)6/h18-19H,7-16H2,1-6H3/t18-,19-/m1/s1. The van der Waals surface area contributed by atoms with Crippen LogP contribution in [0.25, 0.3) is 0 Å². The van der Waals surface area contributed by atoms with Crippen LogP contribution < -0.4 is 0 Å². The summed E-state index contributed by atoms with van der Waals surface area (Å²) in [6, 6.07) is 0. The van der Waals surface area contributed by atoms with E-state index >= 15 is 0 Å². The zero-order valence-corrected chi connectivity index (χ0v) is 18.7. The first-order chi connectivity index (χ1) is 13.1. The Hall–Kier alpha value is -1.59. The third kappa shape index (κ3) is 15.5. The van der Waals surface area contributed by atoms with Gasteiger partial charge >= 0.3 is 17.9 Å². The number of unbranched alkanes of at least 4 members (excludes halogenated alkanes) is 4. The van der Waals surface area contributed by atoms with Crippen LogP contribution >= 0.6 is 0 Å². The first-order valence-corrected chi connectivity index (χ1v) is 10.7. The van der Waals surface area contributed by atoms with Crippen LogP contribution in [0.2, 0.25) is 0 Å². The SMILES string of the molecule is CCCCC[C@H](CC(=O)O[C@H](CCCCC)CC(=O)OC(C)(C)C)OC(C)=O. The van der Waals surface area contributed by atoms with Gasteiger partial charge in [-0.25, -0.2) is 0 Å². The van der Waals surface area contributed by atoms with Gasteiger partial charge < -0.3 is 14.2 Å². The van der Waals surface area contributed by atoms with Gasteiger partial charge in [0.05, 0.1) is 12.8 Å². The maximum Gasteiger partial charge on any atom is 0.310 e. The normalized spacial score (nSPS) is 13.5. The van der Waals surface area contributed by atoms with Crippen LogP contribution in [-0.2, 0) is 28.6 Å². The Morgan fingerprint density at radius 2 is 1.21 bits per heavy atom. The molecule has 0 aromatic rings. The molecule has 0 saturated heterocycles. The highest BCUT2D eigenvalue weighted by molar-refractivity contribution is 5.73. The summed E-state index contributed by atoms with van der Waals surface area (Å²) in [6.45, 7) is 10.9. The van der Waals surface area contributed by atoms with Crippen LogP contribution in [0, 0.1) is 0 Å². The zero-order chi connectivity index (χ0) is 21.6. The third-order valence-electron chi connectivity index (χ3n) is 4.10. The van der Waals surface area contributed by atoms with E-state index in [1.165, 1.54) is 6.92 Å². The smallest absolute Gasteiger partial charge is 0.310 e. The number of carbonyl (C=O) groups excluding carboxylic acids is 3. The van der Waals surface area contributed by atoms with Gasteiger partial charge in [-0.05, 0) is 46.5 Å². The predicted molar refractivity (Wildman–Crippen MR) is 109 cm³/mol. The van der Waals surface area contributed by atoms with E-state index in [4.69, 9.17) is 14.2 Å². The number of hydrogen-bond acceptors (Lipinski definition) is 6. The maximum absolute atomic E-state index is 12.4. The van der Waals surface area contributed by atoms with E-state index in [1.807, 2.05) is 20.8 Å². The molecule has 0 unspecified atom stereocenters. The molecule has 0 spiro atoms. The molecular weight excluding hydrogens is 360 g/mol. The van der Waals surface area contributed by atoms with Crippen molar-refractivity contribution in [3.8, 4) is 0 Å². The van der Waals surface area contributed by atoms with Gasteiger partial charge in [0.1, 0.15) is 17.8 Å². The molecule has 0 aliphatic carbocycles. The van der Waals surface area contributed by atoms with Gasteiger partial charge in [0.25, 0.3) is 0 Å². The Kier molecular flexibility index (Phi) is 13.6. The molecule has 2 atom stereocenters. The predicted octanol–water partition coefficient (Wildman–Crippen LogP) is 5.11. The van der Waals surface area contributed by atoms with Gasteiger partial charge in [-0.3, -0.25) is 14.4 Å². The molecule has 0 bridgehead atoms. The summed E-state index contributed by atoms with van der Waals surface area (Å²) in [7, 11) is 0. The van der Waals surface area contributed by atoms with Crippen molar-refractivity contribution in [1.29, 1.82) is 0 Å². The lowest BCUT2D eigenvalue weighted by Crippen LogP contribution is -2.30. The Labute approximate surface area is 170 Å². The van der Waals surface area contributed by atoms with Crippen molar-refractivity contribution in [2.45, 2.75) is 124 Å². The van der Waals surface area contributed by atoms with Gasteiger partial charge in [0.2, 0.25) is 0 Å². The second-order valence-electron chi connectivity index (χ2n) is 8.33. The van der Waals surface area contributed by atoms with Gasteiger partial charge in [-0.1, -0.05) is 39.5 Å². The molecular formula is C22H40O6. The van der Waals surface area contributed by atoms with E-state index in [9.17, 15) is 14.4 Å². The van der Waals surface area contributed by atoms with Gasteiger partial charge in [-0.2, -0.15) is 0 Å². The van der Waals surface area contributed by atoms with E-state index in [0.717, 1.165) is 38.5 Å². The van der Waals surface area contributed by atoms with E-state index in [0.29, 0.717) is 12.8 Å². The number of ether oxygens (including phenoxy) is 3. The topological polar surface area (TPSA) is 78.9 Å². The largest absolute Gasteiger partial charge is 0.462 e. The van der Waals surface area contributed by atoms with Crippen molar-refractivity contribution < 1.29 is 28.6 Å². The highest BCUT2D eigenvalue weighted by Crippen LogP contribution is 2.17. The summed E-state index contributed by atoms with van der Waals surface area (Å²) in [6.07, 6.45) is 6.20. The monoisotopic (exact) mass is 400 g/mol. The zero-order valence-electron chi connectivity index (χ0n) is 18.7. The fraction of sp³-hybridized carbons (Fsp3) is 0.864. The van der Waals surface area contributed by atoms with Crippen molar-refractivity contribution in [1.82, 2.24) is 0 Å². The molecule has 0 fully saturated rings. The molecule has 6 heteroatoms. The molecule has 0 N–H and O–H groups in total. The average Bonchev–Trinajstić information content (AvgIpc) is 2.52. The number of esters is 3. The Morgan fingerprint density at radius 3 is 1.64 bits per heavy atom. The van der Waals surface area contributed by atoms with Crippen LogP contribution in [0.4, 0.5) is 0 Å². The highest BCUT2D eigenvalue weighted by atomic mass is 16.6. The van der Waals surface area contributed by atoms with Gasteiger partial charge in [0, 0.05) is 6.92 Å². The van der Waals surface area contributed by atoms with E-state index < -0.39 is 29.7 Å². The molecule has 0 aromatic heterocycles. The van der Waals surface area contributed by atoms with Crippen molar-refractivity contribution in [3.63, 3.8) is 0 Å². The number of carbonyl (C=O) groups is 3. The molecule has 28 heavy (non-hydrogen) atoms. The Morgan fingerprint density at radius 1 is 0.750 bits per heavy atom. The number of hydrogen-bond donors (Lipinski definition) is 0. The van der Waals surface area contributed by atoms with Crippen LogP contribution in [0.3, 0.4) is 0 Å². The summed E-state index contributed by atoms with van der Waals surface area (Å²) in [4.78, 5) is 35.9. The molecule has 0 heterocycles. The average molecular weight is 401 g/mol. The molecule has 0 aliphatic rings. The van der Waals surface area contributed by atoms with Crippen molar-refractivity contribution in [2.24, 2.45) is 0 Å². The van der Waals surface area contributed by atoms with E-state index in [1.54, 1.807) is 0 Å². The van der Waals surface area contributed by atoms with Crippen LogP contribution in [0.5, 0.6) is 0 Å². The van der Waals surface area contributed by atoms with Crippen molar-refractivity contribution in [3.05, 3.63) is 0 Å². The lowest BCUT2D eigenvalue weighted by atomic mass is 10.1. The summed E-state index contributed by atoms with van der Waals surface area (Å²) in [5.41, 5.74) is -0.575. The number of rotatable bonds is 14. The van der Waals surface area contributed by atoms with Crippen LogP contribution in [0.15, 0.2) is 0 Å². The maximum atomic E-state index is 12.4. The lowest BCUT2D eigenvalue weighted by Gasteiger charge is -2.23. The molecule has 0 aromatic carbocycles. The minimum atomic E-state index is -0.575. The second kappa shape index (κ2) is 14.4. The minimum absolute atomic E-state index is 0.0158. The molecule has 0 aliphatic heterocycles. The second-order valence-corrected chi connectivity index (χ2v) is 8.33. The fourth-order valence-electron chi connectivity index (χ4n) is 2.87.